The van der Waals surface area contributed by atoms with Gasteiger partial charge in [0.25, 0.3) is 0 Å². The van der Waals surface area contributed by atoms with E-state index in [2.05, 4.69) is 75.6 Å². The van der Waals surface area contributed by atoms with Crippen molar-refractivity contribution in [1.29, 1.82) is 0 Å². The van der Waals surface area contributed by atoms with Crippen molar-refractivity contribution in [3.63, 3.8) is 0 Å². The van der Waals surface area contributed by atoms with Crippen LogP contribution in [0.25, 0.3) is 50.0 Å². The molecule has 0 N–H and O–H groups in total. The largest absolute Gasteiger partial charge is 0.278 e. The minimum Gasteiger partial charge on any atom is -0.278 e. The Morgan fingerprint density at radius 1 is 0.485 bits per heavy atom. The molecule has 0 saturated carbocycles. The Hall–Kier alpha value is -3.73. The summed E-state index contributed by atoms with van der Waals surface area (Å²) in [5, 5.41) is 2.30. The van der Waals surface area contributed by atoms with E-state index in [0.29, 0.717) is 5.95 Å². The van der Waals surface area contributed by atoms with Crippen LogP contribution in [0.4, 0.5) is 0 Å². The number of rotatable bonds is 3. The van der Waals surface area contributed by atoms with Gasteiger partial charge in [0.2, 0.25) is 16.5 Å². The van der Waals surface area contributed by atoms with Crippen LogP contribution in [0.2, 0.25) is 10.6 Å². The quantitative estimate of drug-likeness (QED) is 0.269. The minimum absolute atomic E-state index is 0.0572. The van der Waals surface area contributed by atoms with Crippen LogP contribution in [-0.2, 0) is 0 Å². The van der Waals surface area contributed by atoms with Gasteiger partial charge in [-0.1, -0.05) is 72.8 Å². The summed E-state index contributed by atoms with van der Waals surface area (Å²) < 4.78 is 1.98. The van der Waals surface area contributed by atoms with Crippen LogP contribution in [0.15, 0.2) is 97.1 Å². The Bertz CT molecular complexity index is 1510. The van der Waals surface area contributed by atoms with E-state index in [1.54, 1.807) is 0 Å². The van der Waals surface area contributed by atoms with E-state index in [4.69, 9.17) is 23.2 Å². The monoisotopic (exact) mass is 466 g/mol. The number of halogens is 2. The molecule has 0 aliphatic rings. The van der Waals surface area contributed by atoms with Crippen molar-refractivity contribution in [2.24, 2.45) is 0 Å². The summed E-state index contributed by atoms with van der Waals surface area (Å²) in [5.74, 6) is 0.389. The van der Waals surface area contributed by atoms with Gasteiger partial charge < -0.3 is 0 Å². The molecule has 0 fully saturated rings. The van der Waals surface area contributed by atoms with Gasteiger partial charge in [0.15, 0.2) is 0 Å². The molecule has 2 aromatic heterocycles. The van der Waals surface area contributed by atoms with E-state index in [1.807, 2.05) is 41.0 Å². The molecule has 2 heterocycles. The van der Waals surface area contributed by atoms with Crippen molar-refractivity contribution in [3.8, 4) is 28.2 Å². The van der Waals surface area contributed by atoms with Crippen LogP contribution in [0.5, 0.6) is 0 Å². The zero-order valence-corrected chi connectivity index (χ0v) is 18.8. The summed E-state index contributed by atoms with van der Waals surface area (Å²) in [6, 6.07) is 33.5. The van der Waals surface area contributed by atoms with Crippen molar-refractivity contribution in [1.82, 2.24) is 19.5 Å². The van der Waals surface area contributed by atoms with Crippen LogP contribution < -0.4 is 0 Å². The molecule has 33 heavy (non-hydrogen) atoms. The molecule has 0 spiro atoms. The molecule has 0 aliphatic carbocycles. The molecular weight excluding hydrogens is 451 g/mol. The Labute approximate surface area is 200 Å². The predicted octanol–water partition coefficient (Wildman–Crippen LogP) is 7.61. The first-order valence-electron chi connectivity index (χ1n) is 10.4. The van der Waals surface area contributed by atoms with Crippen molar-refractivity contribution < 1.29 is 0 Å². The summed E-state index contributed by atoms with van der Waals surface area (Å²) in [6.07, 6.45) is 0. The smallest absolute Gasteiger partial charge is 0.240 e. The van der Waals surface area contributed by atoms with Crippen LogP contribution in [-0.4, -0.2) is 19.5 Å². The lowest BCUT2D eigenvalue weighted by Gasteiger charge is -2.07. The highest BCUT2D eigenvalue weighted by Gasteiger charge is 2.17. The van der Waals surface area contributed by atoms with Crippen LogP contribution in [0.1, 0.15) is 0 Å². The van der Waals surface area contributed by atoms with E-state index in [0.717, 1.165) is 44.1 Å². The van der Waals surface area contributed by atoms with E-state index >= 15 is 0 Å². The molecule has 0 amide bonds. The Morgan fingerprint density at radius 2 is 0.939 bits per heavy atom. The van der Waals surface area contributed by atoms with Crippen LogP contribution >= 0.6 is 23.2 Å². The molecule has 4 nitrogen and oxygen atoms in total. The molecule has 0 saturated heterocycles. The maximum Gasteiger partial charge on any atom is 0.240 e. The zero-order valence-electron chi connectivity index (χ0n) is 17.3. The molecule has 6 heteroatoms. The second-order valence-corrected chi connectivity index (χ2v) is 8.38. The molecular formula is C27H16Cl2N4. The molecule has 0 aliphatic heterocycles. The molecule has 158 valence electrons. The average Bonchev–Trinajstić information content (AvgIpc) is 3.17. The highest BCUT2D eigenvalue weighted by molar-refractivity contribution is 6.31. The van der Waals surface area contributed by atoms with E-state index in [-0.39, 0.29) is 10.6 Å². The summed E-state index contributed by atoms with van der Waals surface area (Å²) >= 11 is 12.2. The molecule has 0 radical (unpaired) electrons. The second-order valence-electron chi connectivity index (χ2n) is 7.70. The second kappa shape index (κ2) is 8.00. The number of hydrogen-bond donors (Lipinski definition) is 0. The van der Waals surface area contributed by atoms with Gasteiger partial charge in [-0.15, -0.1) is 0 Å². The minimum atomic E-state index is 0.0572. The molecule has 0 unspecified atom stereocenters. The molecule has 6 aromatic rings. The fraction of sp³-hybridized carbons (Fsp3) is 0. The maximum atomic E-state index is 6.12. The molecule has 0 atom stereocenters. The Morgan fingerprint density at radius 3 is 1.39 bits per heavy atom. The number of benzene rings is 4. The van der Waals surface area contributed by atoms with Gasteiger partial charge in [0, 0.05) is 10.8 Å². The molecule has 0 bridgehead atoms. The van der Waals surface area contributed by atoms with E-state index < -0.39 is 0 Å². The lowest BCUT2D eigenvalue weighted by atomic mass is 10.0. The molecule has 6 rings (SSSR count). The Kier molecular flexibility index (Phi) is 4.83. The zero-order chi connectivity index (χ0) is 22.4. The SMILES string of the molecule is Clc1nc(Cl)nc(-n2c3ccc(-c4ccccc4)cc3c3cc(-c4ccccc4)ccc32)n1. The fourth-order valence-electron chi connectivity index (χ4n) is 4.28. The van der Waals surface area contributed by atoms with Gasteiger partial charge in [-0.2, -0.15) is 15.0 Å². The van der Waals surface area contributed by atoms with Gasteiger partial charge in [0.05, 0.1) is 11.0 Å². The maximum absolute atomic E-state index is 6.12. The third kappa shape index (κ3) is 3.54. The van der Waals surface area contributed by atoms with Crippen molar-refractivity contribution >= 4 is 45.0 Å². The normalized spacial score (nSPS) is 11.3. The highest BCUT2D eigenvalue weighted by atomic mass is 35.5. The lowest BCUT2D eigenvalue weighted by Crippen LogP contribution is -2.03. The number of nitrogens with zero attached hydrogens (tertiary/aromatic N) is 4. The first kappa shape index (κ1) is 19.9. The van der Waals surface area contributed by atoms with Crippen molar-refractivity contribution in [2.45, 2.75) is 0 Å². The van der Waals surface area contributed by atoms with Crippen molar-refractivity contribution in [2.75, 3.05) is 0 Å². The summed E-state index contributed by atoms with van der Waals surface area (Å²) in [7, 11) is 0. The first-order valence-corrected chi connectivity index (χ1v) is 11.2. The van der Waals surface area contributed by atoms with Gasteiger partial charge in [-0.25, -0.2) is 0 Å². The number of fused-ring (bicyclic) bond motifs is 3. The molecule has 4 aromatic carbocycles. The standard InChI is InChI=1S/C27H16Cl2N4/c28-25-30-26(29)32-27(31-25)33-23-13-11-19(17-7-3-1-4-8-17)15-21(23)22-16-20(12-14-24(22)33)18-9-5-2-6-10-18/h1-16H. The predicted molar refractivity (Wildman–Crippen MR) is 135 cm³/mol. The fourth-order valence-corrected chi connectivity index (χ4v) is 4.63. The van der Waals surface area contributed by atoms with Gasteiger partial charge in [0.1, 0.15) is 0 Å². The van der Waals surface area contributed by atoms with Gasteiger partial charge in [-0.05, 0) is 69.7 Å². The first-order chi connectivity index (χ1) is 16.2. The Balaban J connectivity index is 1.68. The number of aromatic nitrogens is 4. The highest BCUT2D eigenvalue weighted by Crippen LogP contribution is 2.36. The van der Waals surface area contributed by atoms with Crippen LogP contribution in [0.3, 0.4) is 0 Å². The summed E-state index contributed by atoms with van der Waals surface area (Å²) in [5.41, 5.74) is 6.52. The third-order valence-electron chi connectivity index (χ3n) is 5.75. The van der Waals surface area contributed by atoms with Crippen LogP contribution in [0, 0.1) is 0 Å². The third-order valence-corrected chi connectivity index (χ3v) is 6.09. The number of hydrogen-bond acceptors (Lipinski definition) is 3. The van der Waals surface area contributed by atoms with Gasteiger partial charge >= 0.3 is 0 Å². The van der Waals surface area contributed by atoms with Crippen molar-refractivity contribution in [3.05, 3.63) is 108 Å². The lowest BCUT2D eigenvalue weighted by molar-refractivity contribution is 0.941. The van der Waals surface area contributed by atoms with E-state index in [9.17, 15) is 0 Å². The summed E-state index contributed by atoms with van der Waals surface area (Å²) in [6.45, 7) is 0. The summed E-state index contributed by atoms with van der Waals surface area (Å²) in [4.78, 5) is 12.6. The van der Waals surface area contributed by atoms with E-state index in [1.165, 1.54) is 0 Å². The van der Waals surface area contributed by atoms with Gasteiger partial charge in [-0.3, -0.25) is 4.57 Å². The average molecular weight is 467 g/mol. The topological polar surface area (TPSA) is 43.6 Å².